The highest BCUT2D eigenvalue weighted by Crippen LogP contribution is 2.38. The number of ether oxygens (including phenoxy) is 1. The second-order valence-electron chi connectivity index (χ2n) is 10.6. The molecule has 1 fully saturated rings. The van der Waals surface area contributed by atoms with Gasteiger partial charge in [0, 0.05) is 29.4 Å². The number of anilines is 2. The molecule has 38 heavy (non-hydrogen) atoms. The molecule has 0 aromatic carbocycles. The maximum Gasteiger partial charge on any atom is 0.281 e. The van der Waals surface area contributed by atoms with Gasteiger partial charge in [-0.1, -0.05) is 13.0 Å². The van der Waals surface area contributed by atoms with Crippen molar-refractivity contribution < 1.29 is 17.9 Å². The minimum atomic E-state index is -4.26. The second-order valence-corrected chi connectivity index (χ2v) is 12.3. The lowest BCUT2D eigenvalue weighted by molar-refractivity contribution is 0.0981. The summed E-state index contributed by atoms with van der Waals surface area (Å²) >= 11 is 0. The lowest BCUT2D eigenvalue weighted by atomic mass is 9.97. The van der Waals surface area contributed by atoms with E-state index in [1.54, 1.807) is 12.1 Å². The number of aryl methyl sites for hydroxylation is 1. The molecule has 3 aromatic heterocycles. The smallest absolute Gasteiger partial charge is 0.281 e. The lowest BCUT2D eigenvalue weighted by Crippen LogP contribution is -2.41. The van der Waals surface area contributed by atoms with E-state index in [-0.39, 0.29) is 28.1 Å². The summed E-state index contributed by atoms with van der Waals surface area (Å²) in [5, 5.41) is -0.336. The third-order valence-corrected chi connectivity index (χ3v) is 7.51. The van der Waals surface area contributed by atoms with Crippen LogP contribution < -0.4 is 20.1 Å². The van der Waals surface area contributed by atoms with Crippen LogP contribution in [0.4, 0.5) is 11.6 Å². The van der Waals surface area contributed by atoms with Gasteiger partial charge >= 0.3 is 0 Å². The summed E-state index contributed by atoms with van der Waals surface area (Å²) in [6.07, 6.45) is 0.849. The third kappa shape index (κ3) is 5.88. The van der Waals surface area contributed by atoms with Crippen LogP contribution >= 0.6 is 0 Å². The molecule has 202 valence electrons. The van der Waals surface area contributed by atoms with E-state index in [0.29, 0.717) is 29.9 Å². The molecule has 0 unspecified atom stereocenters. The van der Waals surface area contributed by atoms with Crippen LogP contribution in [0.5, 0.6) is 5.88 Å². The molecule has 1 amide bonds. The number of hydrogen-bond acceptors (Lipinski definition) is 9. The Kier molecular flexibility index (Phi) is 7.33. The summed E-state index contributed by atoms with van der Waals surface area (Å²) in [6, 6.07) is 11.2. The van der Waals surface area contributed by atoms with E-state index >= 15 is 0 Å². The summed E-state index contributed by atoms with van der Waals surface area (Å²) in [5.41, 5.74) is 7.66. The highest BCUT2D eigenvalue weighted by atomic mass is 32.2. The second kappa shape index (κ2) is 10.2. The Morgan fingerprint density at radius 2 is 1.89 bits per heavy atom. The van der Waals surface area contributed by atoms with E-state index < -0.39 is 15.9 Å². The number of hydrogen-bond donors (Lipinski definition) is 2. The van der Waals surface area contributed by atoms with Crippen molar-refractivity contribution in [2.45, 2.75) is 64.6 Å². The monoisotopic (exact) mass is 538 g/mol. The standard InChI is InChI=1S/C27H34N6O4S/c1-16(2)37-23-13-19(12-18(4)29-23)21-11-10-20(25(30-21)33-15-17(3)14-27(33,5)6)26(34)32-38(35,36)24-9-7-8-22(28)31-24/h7-13,16-17H,14-15H2,1-6H3,(H2,28,31)(H,32,34)/t17-/m0/s1. The molecule has 0 bridgehead atoms. The molecule has 0 spiro atoms. The molecule has 0 saturated carbocycles. The summed E-state index contributed by atoms with van der Waals surface area (Å²) in [6.45, 7) is 12.7. The number of pyridine rings is 3. The maximum absolute atomic E-state index is 13.4. The van der Waals surface area contributed by atoms with Crippen LogP contribution in [-0.4, -0.2) is 47.5 Å². The van der Waals surface area contributed by atoms with E-state index in [9.17, 15) is 13.2 Å². The summed E-state index contributed by atoms with van der Waals surface area (Å²) in [7, 11) is -4.26. The minimum Gasteiger partial charge on any atom is -0.475 e. The Morgan fingerprint density at radius 1 is 1.16 bits per heavy atom. The largest absolute Gasteiger partial charge is 0.475 e. The van der Waals surface area contributed by atoms with Crippen LogP contribution in [0.3, 0.4) is 0 Å². The van der Waals surface area contributed by atoms with Gasteiger partial charge in [-0.25, -0.2) is 19.7 Å². The predicted molar refractivity (Wildman–Crippen MR) is 146 cm³/mol. The van der Waals surface area contributed by atoms with E-state index in [1.807, 2.05) is 32.9 Å². The number of nitrogens with zero attached hydrogens (tertiary/aromatic N) is 4. The highest BCUT2D eigenvalue weighted by Gasteiger charge is 2.39. The van der Waals surface area contributed by atoms with Crippen LogP contribution in [0, 0.1) is 12.8 Å². The number of nitrogens with one attached hydrogen (secondary N) is 1. The fraction of sp³-hybridized carbons (Fsp3) is 0.407. The van der Waals surface area contributed by atoms with Gasteiger partial charge in [-0.05, 0) is 77.3 Å². The fourth-order valence-electron chi connectivity index (χ4n) is 4.85. The van der Waals surface area contributed by atoms with Gasteiger partial charge in [0.25, 0.3) is 15.9 Å². The SMILES string of the molecule is Cc1cc(-c2ccc(C(=O)NS(=O)(=O)c3cccc(N)n3)c(N3C[C@@H](C)CC3(C)C)n2)cc(OC(C)C)n1. The predicted octanol–water partition coefficient (Wildman–Crippen LogP) is 3.96. The zero-order chi connectivity index (χ0) is 27.8. The van der Waals surface area contributed by atoms with Gasteiger partial charge in [-0.3, -0.25) is 4.79 Å². The summed E-state index contributed by atoms with van der Waals surface area (Å²) in [5.74, 6) is 0.490. The molecule has 1 saturated heterocycles. The van der Waals surface area contributed by atoms with Crippen molar-refractivity contribution in [3.8, 4) is 17.1 Å². The zero-order valence-electron chi connectivity index (χ0n) is 22.5. The van der Waals surface area contributed by atoms with Crippen molar-refractivity contribution in [2.75, 3.05) is 17.2 Å². The molecule has 1 atom stereocenters. The van der Waals surface area contributed by atoms with Gasteiger partial charge in [0.05, 0.1) is 17.4 Å². The normalized spacial score (nSPS) is 17.0. The molecule has 3 aromatic rings. The van der Waals surface area contributed by atoms with Gasteiger partial charge in [0.1, 0.15) is 11.6 Å². The molecular weight excluding hydrogens is 504 g/mol. The van der Waals surface area contributed by atoms with E-state index in [0.717, 1.165) is 17.7 Å². The van der Waals surface area contributed by atoms with E-state index in [4.69, 9.17) is 15.5 Å². The van der Waals surface area contributed by atoms with Gasteiger partial charge in [0.2, 0.25) is 5.88 Å². The number of nitrogen functional groups attached to an aromatic ring is 1. The van der Waals surface area contributed by atoms with Crippen LogP contribution in [0.15, 0.2) is 47.5 Å². The quantitative estimate of drug-likeness (QED) is 0.457. The molecule has 4 heterocycles. The molecule has 0 radical (unpaired) electrons. The Balaban J connectivity index is 1.79. The van der Waals surface area contributed by atoms with E-state index in [1.165, 1.54) is 18.2 Å². The number of carbonyl (C=O) groups excluding carboxylic acids is 1. The molecule has 10 nitrogen and oxygen atoms in total. The van der Waals surface area contributed by atoms with Crippen LogP contribution in [-0.2, 0) is 10.0 Å². The molecular formula is C27H34N6O4S. The first-order valence-electron chi connectivity index (χ1n) is 12.5. The maximum atomic E-state index is 13.4. The first kappa shape index (κ1) is 27.3. The van der Waals surface area contributed by atoms with Crippen LogP contribution in [0.2, 0.25) is 0 Å². The molecule has 1 aliphatic heterocycles. The topological polar surface area (TPSA) is 140 Å². The first-order chi connectivity index (χ1) is 17.7. The van der Waals surface area contributed by atoms with Crippen molar-refractivity contribution in [3.63, 3.8) is 0 Å². The Labute approximate surface area is 223 Å². The first-order valence-corrected chi connectivity index (χ1v) is 14.0. The Bertz CT molecular complexity index is 1470. The van der Waals surface area contributed by atoms with Gasteiger partial charge in [0.15, 0.2) is 5.03 Å². The van der Waals surface area contributed by atoms with Crippen molar-refractivity contribution in [1.82, 2.24) is 19.7 Å². The molecule has 1 aliphatic rings. The fourth-order valence-corrected chi connectivity index (χ4v) is 5.79. The number of aromatic nitrogens is 3. The number of amides is 1. The van der Waals surface area contributed by atoms with Crippen molar-refractivity contribution in [2.24, 2.45) is 5.92 Å². The minimum absolute atomic E-state index is 0.0355. The van der Waals surface area contributed by atoms with Gasteiger partial charge in [-0.2, -0.15) is 8.42 Å². The Hall–Kier alpha value is -3.73. The van der Waals surface area contributed by atoms with E-state index in [2.05, 4.69) is 40.4 Å². The number of sulfonamides is 1. The number of rotatable bonds is 7. The van der Waals surface area contributed by atoms with Crippen molar-refractivity contribution in [1.29, 1.82) is 0 Å². The summed E-state index contributed by atoms with van der Waals surface area (Å²) < 4.78 is 33.8. The molecule has 11 heteroatoms. The molecule has 0 aliphatic carbocycles. The molecule has 4 rings (SSSR count). The lowest BCUT2D eigenvalue weighted by Gasteiger charge is -2.34. The Morgan fingerprint density at radius 3 is 2.53 bits per heavy atom. The van der Waals surface area contributed by atoms with Crippen molar-refractivity contribution in [3.05, 3.63) is 53.7 Å². The average Bonchev–Trinajstić information content (AvgIpc) is 3.09. The van der Waals surface area contributed by atoms with Crippen molar-refractivity contribution >= 4 is 27.6 Å². The summed E-state index contributed by atoms with van der Waals surface area (Å²) in [4.78, 5) is 28.7. The molecule has 3 N–H and O–H groups in total. The van der Waals surface area contributed by atoms with Gasteiger partial charge < -0.3 is 15.4 Å². The number of nitrogens with two attached hydrogens (primary N) is 1. The highest BCUT2D eigenvalue weighted by molar-refractivity contribution is 7.90. The number of carbonyl (C=O) groups is 1. The van der Waals surface area contributed by atoms with Crippen LogP contribution in [0.1, 0.15) is 57.1 Å². The third-order valence-electron chi connectivity index (χ3n) is 6.28. The van der Waals surface area contributed by atoms with Gasteiger partial charge in [-0.15, -0.1) is 0 Å². The van der Waals surface area contributed by atoms with Crippen LogP contribution in [0.25, 0.3) is 11.3 Å². The zero-order valence-corrected chi connectivity index (χ0v) is 23.3. The average molecular weight is 539 g/mol.